The van der Waals surface area contributed by atoms with Crippen molar-refractivity contribution in [2.45, 2.75) is 91.5 Å². The zero-order valence-electron chi connectivity index (χ0n) is 17.8. The molecule has 2 rings (SSSR count). The molecule has 0 spiro atoms. The first kappa shape index (κ1) is 23.0. The third-order valence-electron chi connectivity index (χ3n) is 5.03. The number of carbonyl (C=O) groups excluding carboxylic acids is 1. The fourth-order valence-electron chi connectivity index (χ4n) is 3.35. The van der Waals surface area contributed by atoms with Gasteiger partial charge in [0.15, 0.2) is 0 Å². The van der Waals surface area contributed by atoms with Gasteiger partial charge in [-0.3, -0.25) is 9.48 Å². The molecular formula is C21H32N6OS. The van der Waals surface area contributed by atoms with Crippen molar-refractivity contribution >= 4 is 22.4 Å². The van der Waals surface area contributed by atoms with E-state index in [2.05, 4.69) is 33.6 Å². The standard InChI is InChI=1S/C21H32N6OS/c1-4-5-6-7-8-9-11-20-24-25-21(29-20)23-19(28)13-12-18-16(2)26-27(17(18)3)15-10-14-22/h4-13,15H2,1-3H3,(H,23,25,28). The van der Waals surface area contributed by atoms with Crippen LogP contribution in [0.2, 0.25) is 0 Å². The summed E-state index contributed by atoms with van der Waals surface area (Å²) in [6.45, 7) is 6.75. The first-order valence-electron chi connectivity index (χ1n) is 10.6. The summed E-state index contributed by atoms with van der Waals surface area (Å²) in [5.74, 6) is -0.0594. The predicted molar refractivity (Wildman–Crippen MR) is 116 cm³/mol. The second-order valence-electron chi connectivity index (χ2n) is 7.35. The molecule has 0 saturated heterocycles. The smallest absolute Gasteiger partial charge is 0.226 e. The number of carbonyl (C=O) groups is 1. The van der Waals surface area contributed by atoms with E-state index in [1.165, 1.54) is 43.4 Å². The SMILES string of the molecule is CCCCCCCCc1nnc(NC(=O)CCc2c(C)nn(CCC#N)c2C)s1. The van der Waals surface area contributed by atoms with E-state index in [0.29, 0.717) is 30.9 Å². The molecule has 1 amide bonds. The Bertz CT molecular complexity index is 820. The van der Waals surface area contributed by atoms with Crippen LogP contribution in [0.15, 0.2) is 0 Å². The Kier molecular flexibility index (Phi) is 9.78. The van der Waals surface area contributed by atoms with Crippen LogP contribution in [0.5, 0.6) is 0 Å². The van der Waals surface area contributed by atoms with E-state index in [4.69, 9.17) is 5.26 Å². The maximum absolute atomic E-state index is 12.3. The Balaban J connectivity index is 1.75. The average molecular weight is 417 g/mol. The number of aromatic nitrogens is 4. The van der Waals surface area contributed by atoms with Gasteiger partial charge in [0.1, 0.15) is 5.01 Å². The molecule has 0 aliphatic carbocycles. The van der Waals surface area contributed by atoms with Crippen LogP contribution in [0.3, 0.4) is 0 Å². The van der Waals surface area contributed by atoms with Crippen LogP contribution in [-0.4, -0.2) is 25.9 Å². The summed E-state index contributed by atoms with van der Waals surface area (Å²) in [4.78, 5) is 12.3. The van der Waals surface area contributed by atoms with Gasteiger partial charge < -0.3 is 5.32 Å². The van der Waals surface area contributed by atoms with Crippen LogP contribution in [0.4, 0.5) is 5.13 Å². The van der Waals surface area contributed by atoms with Crippen molar-refractivity contribution in [2.24, 2.45) is 0 Å². The summed E-state index contributed by atoms with van der Waals surface area (Å²) in [5, 5.41) is 26.0. The highest BCUT2D eigenvalue weighted by atomic mass is 32.1. The van der Waals surface area contributed by atoms with Gasteiger partial charge in [-0.25, -0.2) is 0 Å². The Morgan fingerprint density at radius 2 is 1.90 bits per heavy atom. The average Bonchev–Trinajstić information content (AvgIpc) is 3.25. The van der Waals surface area contributed by atoms with Crippen LogP contribution in [0, 0.1) is 25.2 Å². The Morgan fingerprint density at radius 1 is 1.14 bits per heavy atom. The second-order valence-corrected chi connectivity index (χ2v) is 8.41. The van der Waals surface area contributed by atoms with Gasteiger partial charge in [-0.15, -0.1) is 10.2 Å². The van der Waals surface area contributed by atoms with Gasteiger partial charge in [0.05, 0.1) is 24.7 Å². The van der Waals surface area contributed by atoms with Crippen molar-refractivity contribution in [3.63, 3.8) is 0 Å². The highest BCUT2D eigenvalue weighted by molar-refractivity contribution is 7.15. The van der Waals surface area contributed by atoms with E-state index >= 15 is 0 Å². The molecule has 29 heavy (non-hydrogen) atoms. The summed E-state index contributed by atoms with van der Waals surface area (Å²) in [6.07, 6.45) is 9.88. The molecule has 0 unspecified atom stereocenters. The lowest BCUT2D eigenvalue weighted by molar-refractivity contribution is -0.116. The predicted octanol–water partition coefficient (Wildman–Crippen LogP) is 4.74. The fraction of sp³-hybridized carbons (Fsp3) is 0.667. The van der Waals surface area contributed by atoms with Gasteiger partial charge in [-0.2, -0.15) is 10.4 Å². The van der Waals surface area contributed by atoms with Gasteiger partial charge in [0, 0.05) is 18.5 Å². The quantitative estimate of drug-likeness (QED) is 0.476. The lowest BCUT2D eigenvalue weighted by atomic mass is 10.1. The number of nitrogens with one attached hydrogen (secondary N) is 1. The highest BCUT2D eigenvalue weighted by Crippen LogP contribution is 2.19. The summed E-state index contributed by atoms with van der Waals surface area (Å²) >= 11 is 1.47. The Labute approximate surface area is 177 Å². The zero-order chi connectivity index (χ0) is 21.1. The number of amides is 1. The third-order valence-corrected chi connectivity index (χ3v) is 5.92. The first-order valence-corrected chi connectivity index (χ1v) is 11.4. The molecule has 2 aromatic heterocycles. The number of hydrogen-bond donors (Lipinski definition) is 1. The molecule has 0 aliphatic heterocycles. The topological polar surface area (TPSA) is 96.5 Å². The van der Waals surface area contributed by atoms with Crippen molar-refractivity contribution in [3.8, 4) is 6.07 Å². The second kappa shape index (κ2) is 12.3. The van der Waals surface area contributed by atoms with Crippen molar-refractivity contribution in [1.29, 1.82) is 5.26 Å². The van der Waals surface area contributed by atoms with Crippen molar-refractivity contribution in [1.82, 2.24) is 20.0 Å². The number of nitrogens with zero attached hydrogens (tertiary/aromatic N) is 5. The molecule has 7 nitrogen and oxygen atoms in total. The molecule has 0 bridgehead atoms. The number of rotatable bonds is 13. The molecule has 8 heteroatoms. The van der Waals surface area contributed by atoms with E-state index < -0.39 is 0 Å². The molecule has 2 aromatic rings. The van der Waals surface area contributed by atoms with Gasteiger partial charge in [0.25, 0.3) is 0 Å². The largest absolute Gasteiger partial charge is 0.301 e. The lowest BCUT2D eigenvalue weighted by Gasteiger charge is -2.04. The summed E-state index contributed by atoms with van der Waals surface area (Å²) in [7, 11) is 0. The van der Waals surface area contributed by atoms with Crippen LogP contribution >= 0.6 is 11.3 Å². The van der Waals surface area contributed by atoms with E-state index in [-0.39, 0.29) is 5.91 Å². The van der Waals surface area contributed by atoms with Crippen LogP contribution in [0.1, 0.15) is 80.2 Å². The molecule has 1 N–H and O–H groups in total. The number of anilines is 1. The molecule has 0 aliphatic rings. The minimum absolute atomic E-state index is 0.0594. The van der Waals surface area contributed by atoms with E-state index in [0.717, 1.165) is 34.8 Å². The Morgan fingerprint density at radius 3 is 2.66 bits per heavy atom. The number of unbranched alkanes of at least 4 members (excludes halogenated alkanes) is 5. The van der Waals surface area contributed by atoms with Gasteiger partial charge in [0.2, 0.25) is 11.0 Å². The molecule has 0 atom stereocenters. The molecule has 0 aromatic carbocycles. The minimum Gasteiger partial charge on any atom is -0.301 e. The fourth-order valence-corrected chi connectivity index (χ4v) is 4.15. The van der Waals surface area contributed by atoms with Crippen molar-refractivity contribution in [3.05, 3.63) is 22.0 Å². The van der Waals surface area contributed by atoms with Crippen LogP contribution in [-0.2, 0) is 24.2 Å². The van der Waals surface area contributed by atoms with Crippen LogP contribution in [0.25, 0.3) is 0 Å². The van der Waals surface area contributed by atoms with Crippen molar-refractivity contribution < 1.29 is 4.79 Å². The normalized spacial score (nSPS) is 10.8. The maximum Gasteiger partial charge on any atom is 0.226 e. The maximum atomic E-state index is 12.3. The summed E-state index contributed by atoms with van der Waals surface area (Å²) < 4.78 is 1.85. The van der Waals surface area contributed by atoms with E-state index in [9.17, 15) is 4.79 Å². The number of aryl methyl sites for hydroxylation is 3. The highest BCUT2D eigenvalue weighted by Gasteiger charge is 2.14. The summed E-state index contributed by atoms with van der Waals surface area (Å²) in [6, 6.07) is 2.14. The van der Waals surface area contributed by atoms with Gasteiger partial charge >= 0.3 is 0 Å². The molecule has 158 valence electrons. The lowest BCUT2D eigenvalue weighted by Crippen LogP contribution is -2.12. The zero-order valence-corrected chi connectivity index (χ0v) is 18.6. The summed E-state index contributed by atoms with van der Waals surface area (Å²) in [5.41, 5.74) is 3.03. The molecule has 0 fully saturated rings. The molecule has 0 saturated carbocycles. The minimum atomic E-state index is -0.0594. The molecule has 2 heterocycles. The molecular weight excluding hydrogens is 384 g/mol. The van der Waals surface area contributed by atoms with Gasteiger partial charge in [-0.05, 0) is 32.3 Å². The number of hydrogen-bond acceptors (Lipinski definition) is 6. The monoisotopic (exact) mass is 416 g/mol. The third kappa shape index (κ3) is 7.58. The first-order chi connectivity index (χ1) is 14.0. The van der Waals surface area contributed by atoms with E-state index in [1.54, 1.807) is 0 Å². The number of nitriles is 1. The van der Waals surface area contributed by atoms with Crippen molar-refractivity contribution in [2.75, 3.05) is 5.32 Å². The van der Waals surface area contributed by atoms with E-state index in [1.807, 2.05) is 18.5 Å². The van der Waals surface area contributed by atoms with Gasteiger partial charge in [-0.1, -0.05) is 50.4 Å². The van der Waals surface area contributed by atoms with Crippen LogP contribution < -0.4 is 5.32 Å². The molecule has 0 radical (unpaired) electrons. The Hall–Kier alpha value is -2.27.